The van der Waals surface area contributed by atoms with Gasteiger partial charge >= 0.3 is 0 Å². The Morgan fingerprint density at radius 3 is 1.66 bits per heavy atom. The third-order valence-electron chi connectivity index (χ3n) is 8.42. The number of benzene rings is 2. The van der Waals surface area contributed by atoms with Gasteiger partial charge < -0.3 is 10.6 Å². The molecule has 2 aliphatic carbocycles. The zero-order valence-electron chi connectivity index (χ0n) is 23.7. The molecule has 2 aliphatic rings. The van der Waals surface area contributed by atoms with E-state index in [0.29, 0.717) is 6.54 Å². The number of carbonyl (C=O) groups is 2. The first-order chi connectivity index (χ1) is 18.2. The fourth-order valence-corrected chi connectivity index (χ4v) is 5.85. The van der Waals surface area contributed by atoms with Crippen LogP contribution >= 0.6 is 11.6 Å². The Labute approximate surface area is 235 Å². The summed E-state index contributed by atoms with van der Waals surface area (Å²) in [7, 11) is 0. The first-order valence-corrected chi connectivity index (χ1v) is 14.9. The van der Waals surface area contributed by atoms with E-state index < -0.39 is 0 Å². The van der Waals surface area contributed by atoms with Gasteiger partial charge in [-0.25, -0.2) is 0 Å². The molecule has 2 fully saturated rings. The number of carbonyl (C=O) groups excluding carboxylic acids is 2. The molecule has 2 saturated carbocycles. The zero-order valence-corrected chi connectivity index (χ0v) is 24.5. The minimum Gasteiger partial charge on any atom is -0.355 e. The molecule has 5 heteroatoms. The highest BCUT2D eigenvalue weighted by molar-refractivity contribution is 6.30. The van der Waals surface area contributed by atoms with Crippen LogP contribution in [-0.4, -0.2) is 24.9 Å². The van der Waals surface area contributed by atoms with Crippen LogP contribution in [0.3, 0.4) is 0 Å². The summed E-state index contributed by atoms with van der Waals surface area (Å²) in [6, 6.07) is 16.3. The molecule has 208 valence electrons. The van der Waals surface area contributed by atoms with Crippen molar-refractivity contribution in [2.45, 2.75) is 97.8 Å². The Balaban J connectivity index is 0.000000211. The minimum absolute atomic E-state index is 0.120. The molecule has 0 aliphatic heterocycles. The lowest BCUT2D eigenvalue weighted by molar-refractivity contribution is -0.132. The molecule has 2 aromatic carbocycles. The van der Waals surface area contributed by atoms with Gasteiger partial charge in [0.25, 0.3) is 0 Å². The second-order valence-electron chi connectivity index (χ2n) is 11.9. The Bertz CT molecular complexity index is 1020. The number of rotatable bonds is 8. The molecule has 0 bridgehead atoms. The molecule has 2 amide bonds. The fourth-order valence-electron chi connectivity index (χ4n) is 5.63. The molecule has 0 unspecified atom stereocenters. The van der Waals surface area contributed by atoms with Crippen molar-refractivity contribution >= 4 is 23.4 Å². The summed E-state index contributed by atoms with van der Waals surface area (Å²) in [6.45, 7) is 7.75. The van der Waals surface area contributed by atoms with Crippen LogP contribution in [0.2, 0.25) is 5.02 Å². The van der Waals surface area contributed by atoms with Gasteiger partial charge in [-0.1, -0.05) is 106 Å². The molecule has 4 rings (SSSR count). The maximum atomic E-state index is 12.3. The van der Waals surface area contributed by atoms with Crippen molar-refractivity contribution in [3.8, 4) is 0 Å². The third-order valence-corrected chi connectivity index (χ3v) is 8.65. The topological polar surface area (TPSA) is 58.2 Å². The van der Waals surface area contributed by atoms with E-state index in [-0.39, 0.29) is 22.6 Å². The number of hydrogen-bond donors (Lipinski definition) is 2. The molecule has 0 atom stereocenters. The summed E-state index contributed by atoms with van der Waals surface area (Å²) in [5, 5.41) is 6.95. The van der Waals surface area contributed by atoms with Gasteiger partial charge in [0.1, 0.15) is 0 Å². The Morgan fingerprint density at radius 1 is 0.711 bits per heavy atom. The predicted octanol–water partition coefficient (Wildman–Crippen LogP) is 7.59. The first kappa shape index (κ1) is 30.2. The van der Waals surface area contributed by atoms with Gasteiger partial charge in [0.2, 0.25) is 11.8 Å². The van der Waals surface area contributed by atoms with E-state index in [1.807, 2.05) is 24.3 Å². The van der Waals surface area contributed by atoms with Crippen LogP contribution in [0, 0.1) is 17.8 Å². The Morgan fingerprint density at radius 2 is 1.18 bits per heavy atom. The van der Waals surface area contributed by atoms with Gasteiger partial charge in [0.15, 0.2) is 0 Å². The lowest BCUT2D eigenvalue weighted by Crippen LogP contribution is -2.41. The van der Waals surface area contributed by atoms with Gasteiger partial charge in [-0.05, 0) is 68.7 Å². The summed E-state index contributed by atoms with van der Waals surface area (Å²) in [5.74, 6) is 0.466. The molecule has 2 aromatic rings. The number of halogens is 1. The highest BCUT2D eigenvalue weighted by Crippen LogP contribution is 2.36. The Hall–Kier alpha value is -2.33. The van der Waals surface area contributed by atoms with Crippen LogP contribution in [-0.2, 0) is 22.4 Å². The van der Waals surface area contributed by atoms with Crippen molar-refractivity contribution < 1.29 is 9.59 Å². The molecule has 2 N–H and O–H groups in total. The van der Waals surface area contributed by atoms with Gasteiger partial charge in [-0.2, -0.15) is 0 Å². The summed E-state index contributed by atoms with van der Waals surface area (Å²) in [5.41, 5.74) is 3.47. The molecule has 0 saturated heterocycles. The van der Waals surface area contributed by atoms with E-state index in [0.717, 1.165) is 50.1 Å². The largest absolute Gasteiger partial charge is 0.355 e. The maximum Gasteiger partial charge on any atom is 0.225 e. The quantitative estimate of drug-likeness (QED) is 0.363. The molecular weight excluding hydrogens is 492 g/mol. The maximum absolute atomic E-state index is 12.3. The standard InChI is InChI=1S/C17H25NO.C16H22ClNO/c1-14-6-8-15(9-7-14)10-13-18-16(19)17(2)11-4-3-5-12-17;1-16(9-3-2-4-10-16)15(19)18-11-8-13-6-5-7-14(17)12-13/h6-9H,3-5,10-13H2,1-2H3,(H,18,19);5-7,12H,2-4,8-11H2,1H3,(H,18,19). The van der Waals surface area contributed by atoms with Gasteiger partial charge in [0.05, 0.1) is 0 Å². The molecule has 0 heterocycles. The van der Waals surface area contributed by atoms with Crippen molar-refractivity contribution in [2.24, 2.45) is 10.8 Å². The number of aryl methyl sites for hydroxylation is 1. The van der Waals surface area contributed by atoms with E-state index in [1.165, 1.54) is 55.2 Å². The lowest BCUT2D eigenvalue weighted by atomic mass is 9.75. The summed E-state index contributed by atoms with van der Waals surface area (Å²) >= 11 is 5.94. The molecule has 4 nitrogen and oxygen atoms in total. The monoisotopic (exact) mass is 538 g/mol. The van der Waals surface area contributed by atoms with Crippen LogP contribution in [0.15, 0.2) is 48.5 Å². The van der Waals surface area contributed by atoms with E-state index in [9.17, 15) is 9.59 Å². The van der Waals surface area contributed by atoms with E-state index in [1.54, 1.807) is 0 Å². The second kappa shape index (κ2) is 14.7. The van der Waals surface area contributed by atoms with Gasteiger partial charge in [-0.15, -0.1) is 0 Å². The summed E-state index contributed by atoms with van der Waals surface area (Å²) in [4.78, 5) is 24.5. The van der Waals surface area contributed by atoms with E-state index in [4.69, 9.17) is 11.6 Å². The second-order valence-corrected chi connectivity index (χ2v) is 12.3. The minimum atomic E-state index is -0.146. The number of hydrogen-bond acceptors (Lipinski definition) is 2. The van der Waals surface area contributed by atoms with Crippen molar-refractivity contribution in [3.05, 3.63) is 70.2 Å². The molecule has 0 spiro atoms. The van der Waals surface area contributed by atoms with Crippen molar-refractivity contribution in [1.29, 1.82) is 0 Å². The summed E-state index contributed by atoms with van der Waals surface area (Å²) in [6.07, 6.45) is 13.2. The summed E-state index contributed by atoms with van der Waals surface area (Å²) < 4.78 is 0. The highest BCUT2D eigenvalue weighted by atomic mass is 35.5. The smallest absolute Gasteiger partial charge is 0.225 e. The number of amides is 2. The van der Waals surface area contributed by atoms with Crippen LogP contribution in [0.5, 0.6) is 0 Å². The molecule has 38 heavy (non-hydrogen) atoms. The average molecular weight is 539 g/mol. The normalized spacial score (nSPS) is 18.0. The van der Waals surface area contributed by atoms with Crippen molar-refractivity contribution in [2.75, 3.05) is 13.1 Å². The SMILES string of the molecule is CC1(C(=O)NCCc2cccc(Cl)c2)CCCCC1.Cc1ccc(CCNC(=O)C2(C)CCCCC2)cc1. The molecule has 0 aromatic heterocycles. The van der Waals surface area contributed by atoms with Crippen LogP contribution < -0.4 is 10.6 Å². The predicted molar refractivity (Wildman–Crippen MR) is 158 cm³/mol. The average Bonchev–Trinajstić information content (AvgIpc) is 2.91. The highest BCUT2D eigenvalue weighted by Gasteiger charge is 2.34. The Kier molecular flexibility index (Phi) is 11.7. The van der Waals surface area contributed by atoms with Crippen molar-refractivity contribution in [3.63, 3.8) is 0 Å². The third kappa shape index (κ3) is 9.45. The zero-order chi connectivity index (χ0) is 27.4. The van der Waals surface area contributed by atoms with Crippen molar-refractivity contribution in [1.82, 2.24) is 10.6 Å². The van der Waals surface area contributed by atoms with Gasteiger partial charge in [0, 0.05) is 28.9 Å². The molecule has 0 radical (unpaired) electrons. The first-order valence-electron chi connectivity index (χ1n) is 14.6. The van der Waals surface area contributed by atoms with Crippen LogP contribution in [0.25, 0.3) is 0 Å². The van der Waals surface area contributed by atoms with Crippen LogP contribution in [0.4, 0.5) is 0 Å². The van der Waals surface area contributed by atoms with Crippen LogP contribution in [0.1, 0.15) is 94.7 Å². The van der Waals surface area contributed by atoms with E-state index >= 15 is 0 Å². The fraction of sp³-hybridized carbons (Fsp3) is 0.576. The van der Waals surface area contributed by atoms with E-state index in [2.05, 4.69) is 55.7 Å². The lowest BCUT2D eigenvalue weighted by Gasteiger charge is -2.32. The number of nitrogens with one attached hydrogen (secondary N) is 2. The van der Waals surface area contributed by atoms with Gasteiger partial charge in [-0.3, -0.25) is 9.59 Å². The molecular formula is C33H47ClN2O2.